The van der Waals surface area contributed by atoms with Crippen molar-refractivity contribution in [1.82, 2.24) is 0 Å². The molecule has 0 aromatic heterocycles. The zero-order chi connectivity index (χ0) is 32.0. The summed E-state index contributed by atoms with van der Waals surface area (Å²) in [6, 6.07) is -1.67. The average molecular weight is 634 g/mol. The highest BCUT2D eigenvalue weighted by Gasteiger charge is 2.90. The van der Waals surface area contributed by atoms with Crippen molar-refractivity contribution < 1.29 is 70.7 Å². The first-order chi connectivity index (χ1) is 17.8. The Labute approximate surface area is 221 Å². The second-order valence-electron chi connectivity index (χ2n) is 8.50. The fourth-order valence-electron chi connectivity index (χ4n) is 2.09. The van der Waals surface area contributed by atoms with Gasteiger partial charge in [0, 0.05) is 6.42 Å². The van der Waals surface area contributed by atoms with E-state index < -0.39 is 57.1 Å². The molecule has 0 unspecified atom stereocenters. The Balaban J connectivity index is 6.73. The van der Waals surface area contributed by atoms with Gasteiger partial charge in [-0.3, -0.25) is 0 Å². The minimum Gasteiger partial charge on any atom is -0.373 e. The van der Waals surface area contributed by atoms with Crippen LogP contribution in [0, 0.1) is 0 Å². The molecule has 0 N–H and O–H groups in total. The minimum atomic E-state index is -8.00. The maximum Gasteiger partial charge on any atom is 0.762 e. The lowest BCUT2D eigenvalue weighted by atomic mass is 9.93. The summed E-state index contributed by atoms with van der Waals surface area (Å²) in [5, 5.41) is 10.5. The number of rotatable bonds is 16. The number of hydrogen-bond acceptors (Lipinski definition) is 6. The van der Waals surface area contributed by atoms with Crippen LogP contribution in [-0.4, -0.2) is 61.7 Å². The van der Waals surface area contributed by atoms with E-state index in [1.165, 1.54) is 20.8 Å². The highest BCUT2D eigenvalue weighted by atomic mass is 28.4. The van der Waals surface area contributed by atoms with Gasteiger partial charge < -0.3 is 13.6 Å². The molecule has 0 amide bonds. The molecule has 0 aliphatic rings. The molecule has 0 aliphatic carbocycles. The lowest BCUT2D eigenvalue weighted by Gasteiger charge is -2.39. The van der Waals surface area contributed by atoms with Crippen LogP contribution in [-0.2, 0) is 13.6 Å². The summed E-state index contributed by atoms with van der Waals surface area (Å²) in [6.45, 7) is 8.64. The standard InChI is InChI=1S/C20H28F13N3O3Si/c1-7-12(4)34-37-40(38-35-13(5)8-2,39-36-14(6)9-3)11-10-15(21,22)16(23,24)17(25,26)18(27,28)19(29,30)20(31,32)33/h7-11H2,1-6H3/b34-12-,35-13-,36-14+. The summed E-state index contributed by atoms with van der Waals surface area (Å²) in [7, 11) is -5.03. The third kappa shape index (κ3) is 7.92. The monoisotopic (exact) mass is 633 g/mol. The predicted molar refractivity (Wildman–Crippen MR) is 119 cm³/mol. The molecular formula is C20H28F13N3O3Si. The Hall–Kier alpha value is -2.28. The van der Waals surface area contributed by atoms with E-state index in [9.17, 15) is 57.1 Å². The quantitative estimate of drug-likeness (QED) is 0.0742. The van der Waals surface area contributed by atoms with Gasteiger partial charge in [-0.05, 0) is 40.0 Å². The molecule has 0 saturated carbocycles. The van der Waals surface area contributed by atoms with E-state index >= 15 is 0 Å². The second kappa shape index (κ2) is 13.1. The summed E-state index contributed by atoms with van der Waals surface area (Å²) >= 11 is 0. The number of alkyl halides is 13. The molecule has 0 fully saturated rings. The van der Waals surface area contributed by atoms with Gasteiger partial charge >= 0.3 is 44.6 Å². The Morgan fingerprint density at radius 3 is 1.10 bits per heavy atom. The van der Waals surface area contributed by atoms with Gasteiger partial charge in [0.25, 0.3) is 0 Å². The maximum atomic E-state index is 14.5. The molecular weight excluding hydrogens is 605 g/mol. The van der Waals surface area contributed by atoms with E-state index in [4.69, 9.17) is 13.6 Å². The van der Waals surface area contributed by atoms with Crippen molar-refractivity contribution in [3.05, 3.63) is 0 Å². The molecule has 6 nitrogen and oxygen atoms in total. The van der Waals surface area contributed by atoms with Gasteiger partial charge in [0.1, 0.15) is 0 Å². The first-order valence-corrected chi connectivity index (χ1v) is 13.4. The lowest BCUT2D eigenvalue weighted by molar-refractivity contribution is -0.440. The van der Waals surface area contributed by atoms with Gasteiger partial charge in [0.05, 0.1) is 23.2 Å². The summed E-state index contributed by atoms with van der Waals surface area (Å²) in [5.41, 5.74) is 0.400. The van der Waals surface area contributed by atoms with E-state index in [-0.39, 0.29) is 36.4 Å². The number of halogens is 13. The Morgan fingerprint density at radius 1 is 0.525 bits per heavy atom. The topological polar surface area (TPSA) is 64.8 Å². The van der Waals surface area contributed by atoms with Crippen molar-refractivity contribution in [3.8, 4) is 0 Å². The van der Waals surface area contributed by atoms with Gasteiger partial charge in [0.15, 0.2) is 0 Å². The van der Waals surface area contributed by atoms with E-state index in [1.807, 2.05) is 0 Å². The summed E-state index contributed by atoms with van der Waals surface area (Å²) < 4.78 is 191. The van der Waals surface area contributed by atoms with Crippen LogP contribution in [0.2, 0.25) is 6.04 Å². The molecule has 236 valence electrons. The Bertz CT molecular complexity index is 883. The van der Waals surface area contributed by atoms with Gasteiger partial charge in [-0.1, -0.05) is 20.8 Å². The highest BCUT2D eigenvalue weighted by molar-refractivity contribution is 6.60. The van der Waals surface area contributed by atoms with Crippen LogP contribution in [0.5, 0.6) is 0 Å². The van der Waals surface area contributed by atoms with Crippen molar-refractivity contribution >= 4 is 25.9 Å². The van der Waals surface area contributed by atoms with E-state index in [0.717, 1.165) is 0 Å². The van der Waals surface area contributed by atoms with Gasteiger partial charge in [-0.2, -0.15) is 57.1 Å². The minimum absolute atomic E-state index is 0.133. The first kappa shape index (κ1) is 37.7. The molecule has 0 bridgehead atoms. The second-order valence-corrected chi connectivity index (χ2v) is 10.9. The predicted octanol–water partition coefficient (Wildman–Crippen LogP) is 8.46. The van der Waals surface area contributed by atoms with Crippen molar-refractivity contribution in [2.24, 2.45) is 15.5 Å². The summed E-state index contributed by atoms with van der Waals surface area (Å²) in [4.78, 5) is 0. The molecule has 0 aliphatic heterocycles. The third-order valence-electron chi connectivity index (χ3n) is 5.30. The SMILES string of the molecule is CC/C(C)=N\O[Si](CCC(F)(F)C(F)(F)C(F)(F)C(F)(F)C(F)(F)C(F)(F)F)(O/N=C(/C)CC)O/N=C(\C)CC. The molecule has 0 atom stereocenters. The van der Waals surface area contributed by atoms with Crippen LogP contribution in [0.4, 0.5) is 57.1 Å². The van der Waals surface area contributed by atoms with Gasteiger partial charge in [0.2, 0.25) is 0 Å². The molecule has 0 spiro atoms. The Kier molecular flexibility index (Phi) is 12.4. The molecule has 0 heterocycles. The van der Waals surface area contributed by atoms with Crippen molar-refractivity contribution in [3.63, 3.8) is 0 Å². The molecule has 0 aromatic rings. The molecule has 0 radical (unpaired) electrons. The van der Waals surface area contributed by atoms with E-state index in [1.54, 1.807) is 20.8 Å². The van der Waals surface area contributed by atoms with Gasteiger partial charge in [-0.15, -0.1) is 15.5 Å². The smallest absolute Gasteiger partial charge is 0.373 e. The van der Waals surface area contributed by atoms with Crippen LogP contribution in [0.25, 0.3) is 0 Å². The van der Waals surface area contributed by atoms with Crippen LogP contribution >= 0.6 is 0 Å². The molecule has 20 heteroatoms. The summed E-state index contributed by atoms with van der Waals surface area (Å²) in [5.74, 6) is -37.6. The first-order valence-electron chi connectivity index (χ1n) is 11.4. The third-order valence-corrected chi connectivity index (χ3v) is 7.27. The molecule has 0 saturated heterocycles. The summed E-state index contributed by atoms with van der Waals surface area (Å²) in [6.07, 6.45) is -9.61. The van der Waals surface area contributed by atoms with E-state index in [0.29, 0.717) is 0 Å². The largest absolute Gasteiger partial charge is 0.762 e. The number of hydrogen-bond donors (Lipinski definition) is 0. The molecule has 40 heavy (non-hydrogen) atoms. The number of oxime groups is 3. The lowest BCUT2D eigenvalue weighted by Crippen LogP contribution is -2.70. The zero-order valence-electron chi connectivity index (χ0n) is 22.0. The van der Waals surface area contributed by atoms with Crippen LogP contribution in [0.1, 0.15) is 67.2 Å². The fourth-order valence-corrected chi connectivity index (χ4v) is 3.97. The Morgan fingerprint density at radius 2 is 0.825 bits per heavy atom. The molecule has 0 rings (SSSR count). The van der Waals surface area contributed by atoms with Crippen molar-refractivity contribution in [2.45, 2.75) is 109 Å². The van der Waals surface area contributed by atoms with Crippen LogP contribution in [0.3, 0.4) is 0 Å². The maximum absolute atomic E-state index is 14.5. The number of nitrogens with zero attached hydrogens (tertiary/aromatic N) is 3. The molecule has 0 aromatic carbocycles. The average Bonchev–Trinajstić information content (AvgIpc) is 2.85. The van der Waals surface area contributed by atoms with Crippen LogP contribution in [0.15, 0.2) is 15.5 Å². The normalized spacial score (nSPS) is 17.0. The zero-order valence-corrected chi connectivity index (χ0v) is 23.0. The van der Waals surface area contributed by atoms with Crippen LogP contribution < -0.4 is 0 Å². The van der Waals surface area contributed by atoms with Crippen molar-refractivity contribution in [1.29, 1.82) is 0 Å². The highest BCUT2D eigenvalue weighted by Crippen LogP contribution is 2.61. The van der Waals surface area contributed by atoms with Crippen molar-refractivity contribution in [2.75, 3.05) is 0 Å². The fraction of sp³-hybridized carbons (Fsp3) is 0.850. The van der Waals surface area contributed by atoms with E-state index in [2.05, 4.69) is 15.5 Å². The van der Waals surface area contributed by atoms with Gasteiger partial charge in [-0.25, -0.2) is 0 Å².